The second-order valence-corrected chi connectivity index (χ2v) is 5.74. The van der Waals surface area contributed by atoms with E-state index in [0.29, 0.717) is 5.41 Å². The van der Waals surface area contributed by atoms with E-state index < -0.39 is 0 Å². The molecule has 2 unspecified atom stereocenters. The highest BCUT2D eigenvalue weighted by molar-refractivity contribution is 4.92. The molecule has 2 fully saturated rings. The third kappa shape index (κ3) is 2.31. The average molecular weight is 195 g/mol. The molecule has 0 radical (unpaired) electrons. The lowest BCUT2D eigenvalue weighted by atomic mass is 9.67. The Hall–Kier alpha value is -0.0400. The number of piperidine rings is 1. The van der Waals surface area contributed by atoms with Crippen LogP contribution in [0, 0.1) is 17.3 Å². The Morgan fingerprint density at radius 2 is 2.14 bits per heavy atom. The van der Waals surface area contributed by atoms with Crippen molar-refractivity contribution in [2.24, 2.45) is 17.3 Å². The predicted octanol–water partition coefficient (Wildman–Crippen LogP) is 3.20. The molecule has 0 bridgehead atoms. The van der Waals surface area contributed by atoms with Gasteiger partial charge in [-0.1, -0.05) is 33.1 Å². The number of nitrogens with one attached hydrogen (secondary N) is 1. The van der Waals surface area contributed by atoms with Gasteiger partial charge in [-0.25, -0.2) is 0 Å². The molecule has 0 spiro atoms. The minimum atomic E-state index is 0.669. The van der Waals surface area contributed by atoms with E-state index in [2.05, 4.69) is 19.2 Å². The van der Waals surface area contributed by atoms with E-state index in [1.165, 1.54) is 51.6 Å². The van der Waals surface area contributed by atoms with Gasteiger partial charge in [0.2, 0.25) is 0 Å². The summed E-state index contributed by atoms with van der Waals surface area (Å²) in [6.45, 7) is 7.40. The summed E-state index contributed by atoms with van der Waals surface area (Å²) in [7, 11) is 0. The Kier molecular flexibility index (Phi) is 3.16. The molecule has 2 rings (SSSR count). The normalized spacial score (nSPS) is 38.6. The summed E-state index contributed by atoms with van der Waals surface area (Å²) in [6, 6.07) is 0. The fourth-order valence-corrected chi connectivity index (χ4v) is 3.15. The Balaban J connectivity index is 1.94. The average Bonchev–Trinajstić information content (AvgIpc) is 2.93. The third-order valence-electron chi connectivity index (χ3n) is 4.34. The lowest BCUT2D eigenvalue weighted by Gasteiger charge is -2.42. The SMILES string of the molecule is CCCC1CNCCC1(C)CC1CC1. The molecule has 0 aromatic rings. The van der Waals surface area contributed by atoms with Crippen molar-refractivity contribution in [3.05, 3.63) is 0 Å². The van der Waals surface area contributed by atoms with Gasteiger partial charge in [0.25, 0.3) is 0 Å². The summed E-state index contributed by atoms with van der Waals surface area (Å²) in [6.07, 6.45) is 8.74. The highest BCUT2D eigenvalue weighted by Crippen LogP contribution is 2.47. The van der Waals surface area contributed by atoms with Gasteiger partial charge in [-0.05, 0) is 49.6 Å². The van der Waals surface area contributed by atoms with Crippen LogP contribution in [0.2, 0.25) is 0 Å². The van der Waals surface area contributed by atoms with Gasteiger partial charge in [-0.3, -0.25) is 0 Å². The molecule has 1 heteroatoms. The van der Waals surface area contributed by atoms with Gasteiger partial charge in [-0.15, -0.1) is 0 Å². The molecular weight excluding hydrogens is 170 g/mol. The highest BCUT2D eigenvalue weighted by Gasteiger charge is 2.39. The zero-order valence-corrected chi connectivity index (χ0v) is 9.81. The van der Waals surface area contributed by atoms with Crippen LogP contribution in [0.3, 0.4) is 0 Å². The van der Waals surface area contributed by atoms with Crippen molar-refractivity contribution in [3.63, 3.8) is 0 Å². The summed E-state index contributed by atoms with van der Waals surface area (Å²) in [5, 5.41) is 3.57. The van der Waals surface area contributed by atoms with E-state index in [4.69, 9.17) is 0 Å². The molecular formula is C13H25N. The van der Waals surface area contributed by atoms with Crippen LogP contribution < -0.4 is 5.32 Å². The van der Waals surface area contributed by atoms with Crippen LogP contribution in [0.1, 0.15) is 52.4 Å². The Morgan fingerprint density at radius 1 is 1.36 bits per heavy atom. The van der Waals surface area contributed by atoms with Crippen molar-refractivity contribution in [3.8, 4) is 0 Å². The third-order valence-corrected chi connectivity index (χ3v) is 4.34. The second kappa shape index (κ2) is 4.22. The van der Waals surface area contributed by atoms with Crippen LogP contribution in [0.4, 0.5) is 0 Å². The molecule has 82 valence electrons. The summed E-state index contributed by atoms with van der Waals surface area (Å²) >= 11 is 0. The van der Waals surface area contributed by atoms with Crippen LogP contribution in [0.5, 0.6) is 0 Å². The van der Waals surface area contributed by atoms with Gasteiger partial charge < -0.3 is 5.32 Å². The number of hydrogen-bond acceptors (Lipinski definition) is 1. The van der Waals surface area contributed by atoms with Crippen LogP contribution >= 0.6 is 0 Å². The minimum absolute atomic E-state index is 0.669. The van der Waals surface area contributed by atoms with Gasteiger partial charge >= 0.3 is 0 Å². The molecule has 2 atom stereocenters. The van der Waals surface area contributed by atoms with Gasteiger partial charge in [0, 0.05) is 0 Å². The maximum Gasteiger partial charge on any atom is -0.00153 e. The summed E-state index contributed by atoms with van der Waals surface area (Å²) in [5.41, 5.74) is 0.669. The molecule has 2 aliphatic rings. The molecule has 1 saturated heterocycles. The van der Waals surface area contributed by atoms with E-state index in [-0.39, 0.29) is 0 Å². The van der Waals surface area contributed by atoms with Gasteiger partial charge in [0.1, 0.15) is 0 Å². The molecule has 0 aromatic carbocycles. The predicted molar refractivity (Wildman–Crippen MR) is 61.3 cm³/mol. The first-order chi connectivity index (χ1) is 6.74. The van der Waals surface area contributed by atoms with Crippen molar-refractivity contribution in [2.75, 3.05) is 13.1 Å². The topological polar surface area (TPSA) is 12.0 Å². The van der Waals surface area contributed by atoms with E-state index in [1.54, 1.807) is 0 Å². The zero-order chi connectivity index (χ0) is 10.0. The van der Waals surface area contributed by atoms with E-state index >= 15 is 0 Å². The first kappa shape index (κ1) is 10.5. The van der Waals surface area contributed by atoms with Crippen LogP contribution in [0.15, 0.2) is 0 Å². The van der Waals surface area contributed by atoms with Crippen molar-refractivity contribution in [1.29, 1.82) is 0 Å². The molecule has 1 aliphatic heterocycles. The van der Waals surface area contributed by atoms with Gasteiger partial charge in [0.15, 0.2) is 0 Å². The van der Waals surface area contributed by atoms with Crippen molar-refractivity contribution in [2.45, 2.75) is 52.4 Å². The fraction of sp³-hybridized carbons (Fsp3) is 1.00. The summed E-state index contributed by atoms with van der Waals surface area (Å²) < 4.78 is 0. The van der Waals surface area contributed by atoms with Crippen molar-refractivity contribution >= 4 is 0 Å². The molecule has 1 saturated carbocycles. The van der Waals surface area contributed by atoms with E-state index in [9.17, 15) is 0 Å². The monoisotopic (exact) mass is 195 g/mol. The lowest BCUT2D eigenvalue weighted by Crippen LogP contribution is -2.43. The van der Waals surface area contributed by atoms with E-state index in [1.807, 2.05) is 0 Å². The molecule has 0 aromatic heterocycles. The van der Waals surface area contributed by atoms with Crippen molar-refractivity contribution in [1.82, 2.24) is 5.32 Å². The first-order valence-corrected chi connectivity index (χ1v) is 6.45. The quantitative estimate of drug-likeness (QED) is 0.726. The zero-order valence-electron chi connectivity index (χ0n) is 9.81. The maximum absolute atomic E-state index is 3.57. The molecule has 1 nitrogen and oxygen atoms in total. The van der Waals surface area contributed by atoms with Crippen LogP contribution in [0.25, 0.3) is 0 Å². The molecule has 1 N–H and O–H groups in total. The van der Waals surface area contributed by atoms with Crippen LogP contribution in [-0.2, 0) is 0 Å². The summed E-state index contributed by atoms with van der Waals surface area (Å²) in [5.74, 6) is 2.04. The fourth-order valence-electron chi connectivity index (χ4n) is 3.15. The molecule has 0 amide bonds. The maximum atomic E-state index is 3.57. The molecule has 1 aliphatic carbocycles. The minimum Gasteiger partial charge on any atom is -0.316 e. The smallest absolute Gasteiger partial charge is 0.00153 e. The van der Waals surface area contributed by atoms with Gasteiger partial charge in [0.05, 0.1) is 0 Å². The lowest BCUT2D eigenvalue weighted by molar-refractivity contribution is 0.102. The number of rotatable bonds is 4. The Morgan fingerprint density at radius 3 is 2.79 bits per heavy atom. The first-order valence-electron chi connectivity index (χ1n) is 6.45. The standard InChI is InChI=1S/C13H25N/c1-3-4-12-10-14-8-7-13(12,2)9-11-5-6-11/h11-12,14H,3-10H2,1-2H3. The van der Waals surface area contributed by atoms with Crippen LogP contribution in [-0.4, -0.2) is 13.1 Å². The second-order valence-electron chi connectivity index (χ2n) is 5.74. The highest BCUT2D eigenvalue weighted by atomic mass is 14.9. The Labute approximate surface area is 88.7 Å². The summed E-state index contributed by atoms with van der Waals surface area (Å²) in [4.78, 5) is 0. The number of hydrogen-bond donors (Lipinski definition) is 1. The Bertz CT molecular complexity index is 184. The van der Waals surface area contributed by atoms with Gasteiger partial charge in [-0.2, -0.15) is 0 Å². The largest absolute Gasteiger partial charge is 0.316 e. The van der Waals surface area contributed by atoms with E-state index in [0.717, 1.165) is 11.8 Å². The molecule has 1 heterocycles. The van der Waals surface area contributed by atoms with Crippen molar-refractivity contribution < 1.29 is 0 Å². The molecule has 14 heavy (non-hydrogen) atoms.